The molecule has 1 unspecified atom stereocenters. The van der Waals surface area contributed by atoms with Crippen molar-refractivity contribution in [2.24, 2.45) is 0 Å². The van der Waals surface area contributed by atoms with E-state index in [0.29, 0.717) is 32.5 Å². The first kappa shape index (κ1) is 17.8. The first-order valence-corrected chi connectivity index (χ1v) is 10.6. The van der Waals surface area contributed by atoms with Gasteiger partial charge < -0.3 is 15.0 Å². The Kier molecular flexibility index (Phi) is 4.40. The molecule has 2 aromatic heterocycles. The van der Waals surface area contributed by atoms with Gasteiger partial charge in [0.25, 0.3) is 0 Å². The van der Waals surface area contributed by atoms with E-state index >= 15 is 0 Å². The van der Waals surface area contributed by atoms with Crippen LogP contribution in [0.3, 0.4) is 0 Å². The Morgan fingerprint density at radius 3 is 2.86 bits per heavy atom. The molecule has 2 aromatic rings. The van der Waals surface area contributed by atoms with Gasteiger partial charge >= 0.3 is 0 Å². The molecule has 1 spiro atoms. The molecular formula is C20H22N4O3S. The number of carbonyl (C=O) groups is 2. The average molecular weight is 398 g/mol. The second-order valence-corrected chi connectivity index (χ2v) is 8.68. The van der Waals surface area contributed by atoms with E-state index < -0.39 is 0 Å². The number of piperidine rings is 1. The highest BCUT2D eigenvalue weighted by atomic mass is 32.1. The molecule has 1 N–H and O–H groups in total. The Balaban J connectivity index is 1.35. The van der Waals surface area contributed by atoms with Gasteiger partial charge in [-0.15, -0.1) is 11.3 Å². The molecule has 5 heterocycles. The summed E-state index contributed by atoms with van der Waals surface area (Å²) in [7, 11) is 0. The molecule has 2 fully saturated rings. The summed E-state index contributed by atoms with van der Waals surface area (Å²) in [5.41, 5.74) is 1.91. The van der Waals surface area contributed by atoms with Gasteiger partial charge in [0.15, 0.2) is 0 Å². The van der Waals surface area contributed by atoms with Crippen molar-refractivity contribution in [3.8, 4) is 10.6 Å². The van der Waals surface area contributed by atoms with Crippen LogP contribution in [0, 0.1) is 0 Å². The summed E-state index contributed by atoms with van der Waals surface area (Å²) in [6.07, 6.45) is 8.72. The number of nitrogens with zero attached hydrogens (tertiary/aromatic N) is 3. The lowest BCUT2D eigenvalue weighted by molar-refractivity contribution is -0.142. The standard InChI is InChI=1S/C20H22N4O3S/c25-17-2-1-14(23-17)19(26)24-8-4-20(5-9-24)18-13(3-10-27-20)11-16(28-18)15-12-21-6-7-22-15/h6-7,11-12,14H,1-5,8-10H2,(H,23,25). The number of hydrogen-bond donors (Lipinski definition) is 1. The zero-order chi connectivity index (χ0) is 19.1. The highest BCUT2D eigenvalue weighted by Gasteiger charge is 2.44. The van der Waals surface area contributed by atoms with Crippen molar-refractivity contribution in [1.29, 1.82) is 0 Å². The van der Waals surface area contributed by atoms with Crippen molar-refractivity contribution in [3.05, 3.63) is 35.1 Å². The zero-order valence-electron chi connectivity index (χ0n) is 15.5. The minimum Gasteiger partial charge on any atom is -0.369 e. The Morgan fingerprint density at radius 1 is 1.29 bits per heavy atom. The fraction of sp³-hybridized carbons (Fsp3) is 0.500. The number of fused-ring (bicyclic) bond motifs is 2. The van der Waals surface area contributed by atoms with E-state index in [1.807, 2.05) is 4.90 Å². The number of ether oxygens (including phenoxy) is 1. The number of rotatable bonds is 2. The Labute approximate surface area is 167 Å². The Morgan fingerprint density at radius 2 is 2.14 bits per heavy atom. The smallest absolute Gasteiger partial charge is 0.245 e. The first-order valence-electron chi connectivity index (χ1n) is 9.76. The second kappa shape index (κ2) is 6.93. The maximum Gasteiger partial charge on any atom is 0.245 e. The molecule has 0 saturated carbocycles. The number of amides is 2. The first-order chi connectivity index (χ1) is 13.6. The highest BCUT2D eigenvalue weighted by Crippen LogP contribution is 2.47. The number of thiophene rings is 1. The van der Waals surface area contributed by atoms with Crippen molar-refractivity contribution in [3.63, 3.8) is 0 Å². The van der Waals surface area contributed by atoms with Crippen molar-refractivity contribution >= 4 is 23.2 Å². The lowest BCUT2D eigenvalue weighted by Gasteiger charge is -2.44. The Hall–Kier alpha value is -2.32. The third-order valence-corrected chi connectivity index (χ3v) is 7.35. The van der Waals surface area contributed by atoms with Crippen LogP contribution in [0.5, 0.6) is 0 Å². The maximum atomic E-state index is 12.7. The lowest BCUT2D eigenvalue weighted by Crippen LogP contribution is -2.52. The van der Waals surface area contributed by atoms with E-state index in [4.69, 9.17) is 4.74 Å². The molecular weight excluding hydrogens is 376 g/mol. The SMILES string of the molecule is O=C1CCC(C(=O)N2CCC3(CC2)OCCc2cc(-c4cnccn4)sc23)N1. The molecule has 1 atom stereocenters. The van der Waals surface area contributed by atoms with Crippen LogP contribution in [0.15, 0.2) is 24.7 Å². The third kappa shape index (κ3) is 3.00. The van der Waals surface area contributed by atoms with E-state index in [-0.39, 0.29) is 23.5 Å². The third-order valence-electron chi connectivity index (χ3n) is 5.96. The molecule has 5 rings (SSSR count). The van der Waals surface area contributed by atoms with Gasteiger partial charge in [0.05, 0.1) is 23.4 Å². The largest absolute Gasteiger partial charge is 0.369 e. The molecule has 3 aliphatic rings. The van der Waals surface area contributed by atoms with Gasteiger partial charge in [-0.3, -0.25) is 19.6 Å². The summed E-state index contributed by atoms with van der Waals surface area (Å²) in [4.78, 5) is 37.0. The fourth-order valence-corrected chi connectivity index (χ4v) is 5.83. The molecule has 7 nitrogen and oxygen atoms in total. The molecule has 0 bridgehead atoms. The van der Waals surface area contributed by atoms with Crippen LogP contribution >= 0.6 is 11.3 Å². The number of likely N-dealkylation sites (tertiary alicyclic amines) is 1. The molecule has 0 aromatic carbocycles. The van der Waals surface area contributed by atoms with Crippen molar-refractivity contribution in [2.75, 3.05) is 19.7 Å². The van der Waals surface area contributed by atoms with Crippen LogP contribution in [0.25, 0.3) is 10.6 Å². The quantitative estimate of drug-likeness (QED) is 0.835. The fourth-order valence-electron chi connectivity index (χ4n) is 4.45. The molecule has 8 heteroatoms. The predicted molar refractivity (Wildman–Crippen MR) is 104 cm³/mol. The van der Waals surface area contributed by atoms with E-state index in [1.54, 1.807) is 29.9 Å². The molecule has 2 amide bonds. The summed E-state index contributed by atoms with van der Waals surface area (Å²) >= 11 is 1.74. The van der Waals surface area contributed by atoms with Gasteiger partial charge in [0, 0.05) is 36.8 Å². The number of nitrogens with one attached hydrogen (secondary N) is 1. The molecule has 28 heavy (non-hydrogen) atoms. The molecule has 2 saturated heterocycles. The van der Waals surface area contributed by atoms with Crippen LogP contribution in [-0.4, -0.2) is 52.4 Å². The van der Waals surface area contributed by atoms with Crippen molar-refractivity contribution in [1.82, 2.24) is 20.2 Å². The molecule has 0 aliphatic carbocycles. The Bertz CT molecular complexity index is 905. The minimum atomic E-state index is -0.352. The topological polar surface area (TPSA) is 84.4 Å². The highest BCUT2D eigenvalue weighted by molar-refractivity contribution is 7.15. The van der Waals surface area contributed by atoms with Crippen molar-refractivity contribution < 1.29 is 14.3 Å². The molecule has 146 valence electrons. The monoisotopic (exact) mass is 398 g/mol. The van der Waals surface area contributed by atoms with Gasteiger partial charge in [-0.2, -0.15) is 0 Å². The summed E-state index contributed by atoms with van der Waals surface area (Å²) in [6.45, 7) is 2.02. The van der Waals surface area contributed by atoms with Gasteiger partial charge in [0.1, 0.15) is 11.6 Å². The summed E-state index contributed by atoms with van der Waals surface area (Å²) < 4.78 is 6.32. The van der Waals surface area contributed by atoms with E-state index in [1.165, 1.54) is 10.4 Å². The van der Waals surface area contributed by atoms with E-state index in [0.717, 1.165) is 29.8 Å². The van der Waals surface area contributed by atoms with Crippen LogP contribution in [0.1, 0.15) is 36.1 Å². The second-order valence-electron chi connectivity index (χ2n) is 7.63. The summed E-state index contributed by atoms with van der Waals surface area (Å²) in [5, 5.41) is 2.79. The van der Waals surface area contributed by atoms with Crippen LogP contribution in [-0.2, 0) is 26.3 Å². The van der Waals surface area contributed by atoms with E-state index in [2.05, 4.69) is 21.4 Å². The van der Waals surface area contributed by atoms with Gasteiger partial charge in [0.2, 0.25) is 11.8 Å². The number of hydrogen-bond acceptors (Lipinski definition) is 6. The summed E-state index contributed by atoms with van der Waals surface area (Å²) in [6, 6.07) is 1.87. The maximum absolute atomic E-state index is 12.7. The summed E-state index contributed by atoms with van der Waals surface area (Å²) in [5.74, 6) is 0.0189. The van der Waals surface area contributed by atoms with Crippen LogP contribution < -0.4 is 5.32 Å². The van der Waals surface area contributed by atoms with Gasteiger partial charge in [-0.1, -0.05) is 0 Å². The van der Waals surface area contributed by atoms with Gasteiger partial charge in [-0.05, 0) is 37.3 Å². The van der Waals surface area contributed by atoms with E-state index in [9.17, 15) is 9.59 Å². The van der Waals surface area contributed by atoms with Crippen LogP contribution in [0.2, 0.25) is 0 Å². The number of carbonyl (C=O) groups excluding carboxylic acids is 2. The molecule has 0 radical (unpaired) electrons. The average Bonchev–Trinajstić information content (AvgIpc) is 3.36. The number of aromatic nitrogens is 2. The van der Waals surface area contributed by atoms with Gasteiger partial charge in [-0.25, -0.2) is 0 Å². The van der Waals surface area contributed by atoms with Crippen molar-refractivity contribution in [2.45, 2.75) is 43.7 Å². The predicted octanol–water partition coefficient (Wildman–Crippen LogP) is 1.87. The zero-order valence-corrected chi connectivity index (χ0v) is 16.3. The normalized spacial score (nSPS) is 23.5. The minimum absolute atomic E-state index is 0.0257. The lowest BCUT2D eigenvalue weighted by atomic mass is 9.85. The van der Waals surface area contributed by atoms with Crippen LogP contribution in [0.4, 0.5) is 0 Å². The molecule has 3 aliphatic heterocycles.